The summed E-state index contributed by atoms with van der Waals surface area (Å²) < 4.78 is 7.88. The molecule has 7 nitrogen and oxygen atoms in total. The molecule has 0 saturated carbocycles. The van der Waals surface area contributed by atoms with Crippen LogP contribution in [-0.2, 0) is 22.7 Å². The van der Waals surface area contributed by atoms with Gasteiger partial charge in [0.05, 0.1) is 10.6 Å². The molecule has 0 bridgehead atoms. The fourth-order valence-electron chi connectivity index (χ4n) is 4.49. The molecule has 192 valence electrons. The van der Waals surface area contributed by atoms with E-state index in [0.29, 0.717) is 28.1 Å². The molecule has 4 aromatic carbocycles. The lowest BCUT2D eigenvalue weighted by atomic mass is 10.1. The Morgan fingerprint density at radius 1 is 0.949 bits per heavy atom. The van der Waals surface area contributed by atoms with Gasteiger partial charge in [-0.05, 0) is 70.6 Å². The molecule has 1 saturated heterocycles. The summed E-state index contributed by atoms with van der Waals surface area (Å²) in [7, 11) is 0. The SMILES string of the molecule is O=C(O)Cn1ccc2cc(N=C3NC(=O)C(=Cc4cc5ccccc5cc4OCc4ccccc4)S3)ccc21. The van der Waals surface area contributed by atoms with Crippen molar-refractivity contribution >= 4 is 62.2 Å². The Balaban J connectivity index is 1.28. The van der Waals surface area contributed by atoms with Gasteiger partial charge in [-0.3, -0.25) is 9.59 Å². The summed E-state index contributed by atoms with van der Waals surface area (Å²) in [5.74, 6) is -0.434. The van der Waals surface area contributed by atoms with Gasteiger partial charge in [0.25, 0.3) is 5.91 Å². The number of aliphatic imine (C=N–C) groups is 1. The standard InChI is InChI=1S/C31H23N3O4S/c35-29(36)18-34-13-12-23-15-25(10-11-26(23)34)32-31-33-30(37)28(39-31)17-24-14-21-8-4-5-9-22(21)16-27(24)38-19-20-6-2-1-3-7-20/h1-17H,18-19H2,(H,35,36)(H,32,33,37). The van der Waals surface area contributed by atoms with E-state index in [1.54, 1.807) is 16.8 Å². The summed E-state index contributed by atoms with van der Waals surface area (Å²) in [4.78, 5) is 29.1. The number of carbonyl (C=O) groups is 2. The molecule has 39 heavy (non-hydrogen) atoms. The molecule has 2 N–H and O–H groups in total. The molecule has 1 amide bonds. The molecule has 2 heterocycles. The van der Waals surface area contributed by atoms with Crippen molar-refractivity contribution in [1.82, 2.24) is 9.88 Å². The van der Waals surface area contributed by atoms with Gasteiger partial charge in [-0.1, -0.05) is 54.6 Å². The number of thioether (sulfide) groups is 1. The minimum absolute atomic E-state index is 0.108. The molecule has 0 atom stereocenters. The molecule has 8 heteroatoms. The average Bonchev–Trinajstić information content (AvgIpc) is 3.49. The van der Waals surface area contributed by atoms with Crippen LogP contribution in [0.4, 0.5) is 5.69 Å². The zero-order valence-electron chi connectivity index (χ0n) is 20.7. The average molecular weight is 534 g/mol. The first-order chi connectivity index (χ1) is 19.0. The van der Waals surface area contributed by atoms with E-state index < -0.39 is 5.97 Å². The van der Waals surface area contributed by atoms with Crippen LogP contribution < -0.4 is 10.1 Å². The fraction of sp³-hybridized carbons (Fsp3) is 0.0645. The molecule has 5 aromatic rings. The number of carboxylic acid groups (broad SMARTS) is 1. The largest absolute Gasteiger partial charge is 0.488 e. The summed E-state index contributed by atoms with van der Waals surface area (Å²) in [6, 6.07) is 29.4. The molecule has 1 fully saturated rings. The molecule has 6 rings (SSSR count). The van der Waals surface area contributed by atoms with E-state index in [9.17, 15) is 9.59 Å². The number of nitrogens with zero attached hydrogens (tertiary/aromatic N) is 2. The van der Waals surface area contributed by atoms with Crippen LogP contribution in [0.2, 0.25) is 0 Å². The number of carbonyl (C=O) groups excluding carboxylic acids is 1. The number of hydrogen-bond donors (Lipinski definition) is 2. The predicted molar refractivity (Wildman–Crippen MR) is 155 cm³/mol. The number of benzene rings is 4. The number of amidine groups is 1. The van der Waals surface area contributed by atoms with Gasteiger partial charge in [-0.15, -0.1) is 0 Å². The highest BCUT2D eigenvalue weighted by molar-refractivity contribution is 8.18. The van der Waals surface area contributed by atoms with Crippen molar-refractivity contribution in [1.29, 1.82) is 0 Å². The third-order valence-electron chi connectivity index (χ3n) is 6.34. The van der Waals surface area contributed by atoms with Crippen LogP contribution >= 0.6 is 11.8 Å². The monoisotopic (exact) mass is 533 g/mol. The van der Waals surface area contributed by atoms with E-state index in [-0.39, 0.29) is 12.5 Å². The van der Waals surface area contributed by atoms with Crippen molar-refractivity contribution in [2.45, 2.75) is 13.2 Å². The van der Waals surface area contributed by atoms with Gasteiger partial charge in [0, 0.05) is 22.7 Å². The maximum absolute atomic E-state index is 12.9. The number of aromatic nitrogens is 1. The Kier molecular flexibility index (Phi) is 6.61. The van der Waals surface area contributed by atoms with Crippen LogP contribution in [0.3, 0.4) is 0 Å². The summed E-state index contributed by atoms with van der Waals surface area (Å²) in [6.07, 6.45) is 3.58. The number of rotatable bonds is 7. The molecule has 1 aromatic heterocycles. The number of carboxylic acids is 1. The fourth-order valence-corrected chi connectivity index (χ4v) is 5.32. The highest BCUT2D eigenvalue weighted by atomic mass is 32.2. The first-order valence-corrected chi connectivity index (χ1v) is 13.1. The second-order valence-electron chi connectivity index (χ2n) is 9.07. The van der Waals surface area contributed by atoms with E-state index in [0.717, 1.165) is 32.8 Å². The first kappa shape index (κ1) is 24.5. The van der Waals surface area contributed by atoms with E-state index in [4.69, 9.17) is 9.84 Å². The summed E-state index contributed by atoms with van der Waals surface area (Å²) in [6.45, 7) is 0.307. The van der Waals surface area contributed by atoms with Crippen LogP contribution in [0.5, 0.6) is 5.75 Å². The molecule has 1 aliphatic rings. The van der Waals surface area contributed by atoms with Crippen LogP contribution in [-0.4, -0.2) is 26.7 Å². The number of fused-ring (bicyclic) bond motifs is 2. The zero-order chi connectivity index (χ0) is 26.8. The number of amides is 1. The second kappa shape index (κ2) is 10.5. The number of hydrogen-bond acceptors (Lipinski definition) is 5. The lowest BCUT2D eigenvalue weighted by Gasteiger charge is -2.12. The highest BCUT2D eigenvalue weighted by Gasteiger charge is 2.24. The summed E-state index contributed by atoms with van der Waals surface area (Å²) in [5.41, 5.74) is 3.34. The van der Waals surface area contributed by atoms with Crippen molar-refractivity contribution in [2.24, 2.45) is 4.99 Å². The summed E-state index contributed by atoms with van der Waals surface area (Å²) >= 11 is 1.27. The second-order valence-corrected chi connectivity index (χ2v) is 10.1. The van der Waals surface area contributed by atoms with Gasteiger partial charge in [-0.2, -0.15) is 0 Å². The predicted octanol–water partition coefficient (Wildman–Crippen LogP) is 6.35. The van der Waals surface area contributed by atoms with Crippen LogP contribution in [0, 0.1) is 0 Å². The highest BCUT2D eigenvalue weighted by Crippen LogP contribution is 2.34. The van der Waals surface area contributed by atoms with Gasteiger partial charge in [0.2, 0.25) is 0 Å². The van der Waals surface area contributed by atoms with Gasteiger partial charge >= 0.3 is 5.97 Å². The van der Waals surface area contributed by atoms with Gasteiger partial charge < -0.3 is 19.7 Å². The smallest absolute Gasteiger partial charge is 0.323 e. The quantitative estimate of drug-likeness (QED) is 0.238. The Morgan fingerprint density at radius 2 is 1.72 bits per heavy atom. The topological polar surface area (TPSA) is 92.9 Å². The maximum atomic E-state index is 12.9. The van der Waals surface area contributed by atoms with Gasteiger partial charge in [-0.25, -0.2) is 4.99 Å². The zero-order valence-corrected chi connectivity index (χ0v) is 21.5. The minimum atomic E-state index is -0.902. The molecule has 0 radical (unpaired) electrons. The molecule has 0 aliphatic carbocycles. The maximum Gasteiger partial charge on any atom is 0.323 e. The first-order valence-electron chi connectivity index (χ1n) is 12.3. The molecular weight excluding hydrogens is 510 g/mol. The number of aliphatic carboxylic acids is 1. The third-order valence-corrected chi connectivity index (χ3v) is 7.25. The summed E-state index contributed by atoms with van der Waals surface area (Å²) in [5, 5.41) is 15.4. The van der Waals surface area contributed by atoms with Crippen molar-refractivity contribution in [3.05, 3.63) is 113 Å². The van der Waals surface area contributed by atoms with Crippen LogP contribution in [0.15, 0.2) is 107 Å². The van der Waals surface area contributed by atoms with Crippen molar-refractivity contribution in [3.8, 4) is 5.75 Å². The Bertz CT molecular complexity index is 1790. The lowest BCUT2D eigenvalue weighted by molar-refractivity contribution is -0.137. The molecule has 0 spiro atoms. The lowest BCUT2D eigenvalue weighted by Crippen LogP contribution is -2.19. The third kappa shape index (κ3) is 5.42. The normalized spacial score (nSPS) is 15.3. The van der Waals surface area contributed by atoms with E-state index in [1.807, 2.05) is 91.0 Å². The van der Waals surface area contributed by atoms with E-state index in [1.165, 1.54) is 11.8 Å². The molecular formula is C31H23N3O4S. The Labute approximate surface area is 228 Å². The van der Waals surface area contributed by atoms with E-state index in [2.05, 4.69) is 10.3 Å². The van der Waals surface area contributed by atoms with Crippen molar-refractivity contribution in [3.63, 3.8) is 0 Å². The number of nitrogens with one attached hydrogen (secondary N) is 1. The minimum Gasteiger partial charge on any atom is -0.488 e. The Morgan fingerprint density at radius 3 is 2.51 bits per heavy atom. The number of ether oxygens (including phenoxy) is 1. The van der Waals surface area contributed by atoms with Gasteiger partial charge in [0.15, 0.2) is 5.17 Å². The van der Waals surface area contributed by atoms with Crippen LogP contribution in [0.1, 0.15) is 11.1 Å². The van der Waals surface area contributed by atoms with Crippen LogP contribution in [0.25, 0.3) is 27.8 Å². The van der Waals surface area contributed by atoms with Crippen molar-refractivity contribution in [2.75, 3.05) is 0 Å². The van der Waals surface area contributed by atoms with Gasteiger partial charge in [0.1, 0.15) is 18.9 Å². The van der Waals surface area contributed by atoms with E-state index >= 15 is 0 Å². The molecule has 1 aliphatic heterocycles. The molecule has 0 unspecified atom stereocenters. The Hall–Kier alpha value is -4.82. The van der Waals surface area contributed by atoms with Crippen molar-refractivity contribution < 1.29 is 19.4 Å².